The predicted molar refractivity (Wildman–Crippen MR) is 211 cm³/mol. The molecule has 0 aliphatic carbocycles. The van der Waals surface area contributed by atoms with Crippen LogP contribution in [0.4, 0.5) is 0 Å². The highest BCUT2D eigenvalue weighted by atomic mass is 32.1. The molecule has 0 saturated heterocycles. The van der Waals surface area contributed by atoms with Crippen molar-refractivity contribution in [3.63, 3.8) is 0 Å². The topological polar surface area (TPSA) is 56.7 Å². The molecule has 0 unspecified atom stereocenters. The largest absolute Gasteiger partial charge is 0.455 e. The molecule has 0 amide bonds. The summed E-state index contributed by atoms with van der Waals surface area (Å²) in [5, 5.41) is 6.19. The molecule has 0 aliphatic rings. The Bertz CT molecular complexity index is 3600. The second-order valence-corrected chi connectivity index (χ2v) is 13.2. The van der Waals surface area contributed by atoms with Crippen LogP contribution in [-0.4, -0.2) is 19.5 Å². The van der Waals surface area contributed by atoms with Gasteiger partial charge < -0.3 is 8.98 Å². The van der Waals surface area contributed by atoms with Crippen LogP contribution in [0.15, 0.2) is 162 Å². The molecule has 7 aromatic carbocycles. The van der Waals surface area contributed by atoms with Gasteiger partial charge in [-0.3, -0.25) is 0 Å². The summed E-state index contributed by atoms with van der Waals surface area (Å²) in [6, 6.07) is 26.7. The highest BCUT2D eigenvalue weighted by Crippen LogP contribution is 2.42. The van der Waals surface area contributed by atoms with E-state index in [2.05, 4.69) is 68.0 Å². The summed E-state index contributed by atoms with van der Waals surface area (Å²) >= 11 is 1.55. The van der Waals surface area contributed by atoms with Crippen molar-refractivity contribution in [1.29, 1.82) is 0 Å². The molecule has 0 spiro atoms. The summed E-state index contributed by atoms with van der Waals surface area (Å²) in [6.07, 6.45) is 0. The van der Waals surface area contributed by atoms with Crippen molar-refractivity contribution in [1.82, 2.24) is 19.5 Å². The molecule has 0 radical (unpaired) electrons. The first kappa shape index (κ1) is 20.1. The Morgan fingerprint density at radius 1 is 0.510 bits per heavy atom. The molecule has 0 aliphatic heterocycles. The van der Waals surface area contributed by atoms with Gasteiger partial charge in [0.15, 0.2) is 17.5 Å². The number of furan rings is 1. The van der Waals surface area contributed by atoms with E-state index in [9.17, 15) is 0 Å². The lowest BCUT2D eigenvalue weighted by Gasteiger charge is -2.09. The van der Waals surface area contributed by atoms with E-state index < -0.39 is 60.4 Å². The number of benzene rings is 7. The number of hydrogen-bond donors (Lipinski definition) is 0. The summed E-state index contributed by atoms with van der Waals surface area (Å²) in [5.74, 6) is -0.604. The predicted octanol–water partition coefficient (Wildman–Crippen LogP) is 12.2. The van der Waals surface area contributed by atoms with Crippen molar-refractivity contribution in [2.75, 3.05) is 0 Å². The van der Waals surface area contributed by atoms with E-state index in [0.717, 1.165) is 69.6 Å². The second-order valence-electron chi connectivity index (χ2n) is 12.1. The first-order valence-electron chi connectivity index (χ1n) is 21.1. The fraction of sp³-hybridized carbons (Fsp3) is 0. The van der Waals surface area contributed by atoms with Crippen LogP contribution in [0.5, 0.6) is 0 Å². The minimum atomic E-state index is -0.600. The third-order valence-corrected chi connectivity index (χ3v) is 10.4. The smallest absolute Gasteiger partial charge is 0.164 e. The fourth-order valence-electron chi connectivity index (χ4n) is 7.01. The first-order chi connectivity index (χ1) is 29.4. The number of fused-ring (bicyclic) bond motifs is 10. The fourth-order valence-corrected chi connectivity index (χ4v) is 8.13. The van der Waals surface area contributed by atoms with Gasteiger partial charge in [-0.05, 0) is 48.5 Å². The Morgan fingerprint density at radius 2 is 1.18 bits per heavy atom. The maximum atomic E-state index is 8.65. The third kappa shape index (κ3) is 4.37. The number of aromatic nitrogens is 4. The number of rotatable bonds is 4. The Morgan fingerprint density at radius 3 is 1.94 bits per heavy atom. The zero-order valence-electron chi connectivity index (χ0n) is 36.3. The molecule has 11 rings (SSSR count). The van der Waals surface area contributed by atoms with Gasteiger partial charge in [0.05, 0.1) is 30.1 Å². The number of hydrogen-bond acceptors (Lipinski definition) is 5. The SMILES string of the molecule is [2H]c1c([2H])c([2H])c(-c2nc(-c3ccc4c(c3)sc3ccc(-n5c6ccccc6c6c7oc8ccccc8c7ccc65)cc34)nc(-c3c([2H])c([2H])c([2H])c([2H])c3[2H])n2)c([2H])c1[2H]. The van der Waals surface area contributed by atoms with E-state index in [1.54, 1.807) is 17.4 Å². The molecule has 0 N–H and O–H groups in total. The van der Waals surface area contributed by atoms with Crippen molar-refractivity contribution in [3.05, 3.63) is 157 Å². The van der Waals surface area contributed by atoms with Crippen molar-refractivity contribution in [3.8, 4) is 39.9 Å². The van der Waals surface area contributed by atoms with E-state index in [4.69, 9.17) is 18.1 Å². The summed E-state index contributed by atoms with van der Waals surface area (Å²) in [6.45, 7) is 0. The van der Waals surface area contributed by atoms with Crippen LogP contribution in [0.2, 0.25) is 0 Å². The molecule has 0 fully saturated rings. The van der Waals surface area contributed by atoms with Crippen LogP contribution in [0.1, 0.15) is 13.7 Å². The van der Waals surface area contributed by atoms with Crippen molar-refractivity contribution < 1.29 is 18.1 Å². The highest BCUT2D eigenvalue weighted by molar-refractivity contribution is 7.25. The molecule has 51 heavy (non-hydrogen) atoms. The molecule has 0 bridgehead atoms. The van der Waals surface area contributed by atoms with Crippen LogP contribution < -0.4 is 0 Å². The maximum absolute atomic E-state index is 8.65. The monoisotopic (exact) mass is 680 g/mol. The molecule has 6 heteroatoms. The van der Waals surface area contributed by atoms with Gasteiger partial charge in [-0.25, -0.2) is 15.0 Å². The van der Waals surface area contributed by atoms with Crippen molar-refractivity contribution in [2.45, 2.75) is 0 Å². The standard InChI is InChI=1S/C45H26N4OS/c1-3-11-27(12-4-1)43-46-44(28-13-5-2-6-14-28)48-45(47-43)29-19-21-32-35-26-30(20-24-39(35)51-40(32)25-29)49-36-17-9-7-16-34(36)41-37(49)23-22-33-31-15-8-10-18-38(31)50-42(33)41/h1-26H/i1D,2D,3D,4D,5D,6D,11D,12D,13D,14D. The first-order valence-corrected chi connectivity index (χ1v) is 16.9. The van der Waals surface area contributed by atoms with E-state index in [1.165, 1.54) is 0 Å². The molecule has 5 nitrogen and oxygen atoms in total. The maximum Gasteiger partial charge on any atom is 0.164 e. The van der Waals surface area contributed by atoms with E-state index in [-0.39, 0.29) is 28.6 Å². The van der Waals surface area contributed by atoms with Gasteiger partial charge in [0, 0.05) is 58.7 Å². The van der Waals surface area contributed by atoms with E-state index >= 15 is 0 Å². The van der Waals surface area contributed by atoms with Gasteiger partial charge in [-0.15, -0.1) is 11.3 Å². The van der Waals surface area contributed by atoms with Gasteiger partial charge in [0.1, 0.15) is 11.2 Å². The minimum absolute atomic E-state index is 0.0147. The lowest BCUT2D eigenvalue weighted by molar-refractivity contribution is 0.673. The molecule has 11 aromatic rings. The molecule has 4 aromatic heterocycles. The Labute approximate surface area is 309 Å². The third-order valence-electron chi connectivity index (χ3n) is 9.23. The Balaban J connectivity index is 1.10. The van der Waals surface area contributed by atoms with E-state index in [1.807, 2.05) is 42.5 Å². The number of thiophene rings is 1. The van der Waals surface area contributed by atoms with Crippen molar-refractivity contribution >= 4 is 75.3 Å². The van der Waals surface area contributed by atoms with Crippen LogP contribution >= 0.6 is 11.3 Å². The summed E-state index contributed by atoms with van der Waals surface area (Å²) in [7, 11) is 0. The van der Waals surface area contributed by atoms with Crippen LogP contribution in [-0.2, 0) is 0 Å². The molecule has 0 atom stereocenters. The number of nitrogens with zero attached hydrogens (tertiary/aromatic N) is 4. The lowest BCUT2D eigenvalue weighted by atomic mass is 10.1. The van der Waals surface area contributed by atoms with E-state index in [0.29, 0.717) is 5.56 Å². The Kier molecular flexibility index (Phi) is 4.32. The average Bonchev–Trinajstić information content (AvgIpc) is 3.95. The van der Waals surface area contributed by atoms with Gasteiger partial charge in [0.25, 0.3) is 0 Å². The normalized spacial score (nSPS) is 14.7. The van der Waals surface area contributed by atoms with Gasteiger partial charge in [-0.1, -0.05) is 109 Å². The summed E-state index contributed by atoms with van der Waals surface area (Å²) in [5.41, 5.74) is 4.52. The zero-order valence-corrected chi connectivity index (χ0v) is 27.2. The minimum Gasteiger partial charge on any atom is -0.455 e. The molecule has 238 valence electrons. The molecular formula is C45H26N4OS. The van der Waals surface area contributed by atoms with Crippen LogP contribution in [0.3, 0.4) is 0 Å². The van der Waals surface area contributed by atoms with Crippen LogP contribution in [0.25, 0.3) is 104 Å². The lowest BCUT2D eigenvalue weighted by Crippen LogP contribution is -1.99. The number of para-hydroxylation sites is 2. The Hall–Kier alpha value is -6.63. The van der Waals surface area contributed by atoms with Crippen molar-refractivity contribution in [2.24, 2.45) is 0 Å². The van der Waals surface area contributed by atoms with Gasteiger partial charge >= 0.3 is 0 Å². The molecule has 4 heterocycles. The summed E-state index contributed by atoms with van der Waals surface area (Å²) < 4.78 is 94.6. The quantitative estimate of drug-likeness (QED) is 0.186. The molecular weight excluding hydrogens is 645 g/mol. The average molecular weight is 681 g/mol. The van der Waals surface area contributed by atoms with Gasteiger partial charge in [0.2, 0.25) is 0 Å². The second kappa shape index (κ2) is 10.9. The molecule has 0 saturated carbocycles. The highest BCUT2D eigenvalue weighted by Gasteiger charge is 2.19. The van der Waals surface area contributed by atoms with Gasteiger partial charge in [-0.2, -0.15) is 0 Å². The summed E-state index contributed by atoms with van der Waals surface area (Å²) in [4.78, 5) is 13.6. The zero-order chi connectivity index (χ0) is 42.2. The van der Waals surface area contributed by atoms with Crippen LogP contribution in [0, 0.1) is 0 Å².